The van der Waals surface area contributed by atoms with Crippen molar-refractivity contribution >= 4 is 16.9 Å². The molecule has 0 radical (unpaired) electrons. The van der Waals surface area contributed by atoms with Crippen LogP contribution in [-0.4, -0.2) is 99.3 Å². The highest BCUT2D eigenvalue weighted by Gasteiger charge is 2.41. The number of ether oxygens (including phenoxy) is 7. The van der Waals surface area contributed by atoms with Crippen molar-refractivity contribution in [1.82, 2.24) is 10.3 Å². The predicted molar refractivity (Wildman–Crippen MR) is 205 cm³/mol. The van der Waals surface area contributed by atoms with Crippen LogP contribution in [0.3, 0.4) is 0 Å². The Hall–Kier alpha value is -4.47. The molecule has 1 amide bonds. The molecule has 1 aliphatic rings. The van der Waals surface area contributed by atoms with Gasteiger partial charge >= 0.3 is 6.09 Å². The number of carbonyl (C=O) groups excluding carboxylic acids is 1. The zero-order valence-electron chi connectivity index (χ0n) is 32.0. The van der Waals surface area contributed by atoms with Crippen molar-refractivity contribution in [2.75, 3.05) is 60.3 Å². The second-order valence-corrected chi connectivity index (χ2v) is 13.2. The van der Waals surface area contributed by atoms with E-state index in [0.717, 1.165) is 51.1 Å². The Morgan fingerprint density at radius 2 is 1.49 bits per heavy atom. The molecule has 3 atom stereocenters. The highest BCUT2D eigenvalue weighted by molar-refractivity contribution is 5.89. The molecule has 0 spiro atoms. The van der Waals surface area contributed by atoms with Gasteiger partial charge in [0.15, 0.2) is 0 Å². The molecule has 13 nitrogen and oxygen atoms in total. The van der Waals surface area contributed by atoms with Gasteiger partial charge in [0.2, 0.25) is 0 Å². The van der Waals surface area contributed by atoms with Crippen LogP contribution in [-0.2, 0) is 37.0 Å². The van der Waals surface area contributed by atoms with Crippen LogP contribution < -0.4 is 14.2 Å². The number of benzene rings is 4. The molecule has 0 bridgehead atoms. The Kier molecular flexibility index (Phi) is 16.8. The van der Waals surface area contributed by atoms with Crippen molar-refractivity contribution in [3.05, 3.63) is 102 Å². The van der Waals surface area contributed by atoms with E-state index in [2.05, 4.69) is 10.9 Å². The van der Waals surface area contributed by atoms with Crippen LogP contribution >= 0.6 is 0 Å². The van der Waals surface area contributed by atoms with Crippen LogP contribution in [0.2, 0.25) is 0 Å². The van der Waals surface area contributed by atoms with Gasteiger partial charge in [0, 0.05) is 29.9 Å². The molecule has 4 aromatic carbocycles. The third kappa shape index (κ3) is 12.5. The molecule has 1 aliphatic heterocycles. The Bertz CT molecular complexity index is 1740. The predicted octanol–water partition coefficient (Wildman–Crippen LogP) is 7.55. The highest BCUT2D eigenvalue weighted by atomic mass is 17.1. The minimum atomic E-state index is -0.437. The van der Waals surface area contributed by atoms with Gasteiger partial charge in [-0.3, -0.25) is 15.3 Å². The summed E-state index contributed by atoms with van der Waals surface area (Å²) in [5.41, 5.74) is 2.98. The largest absolute Gasteiger partial charge is 0.496 e. The maximum atomic E-state index is 13.4. The van der Waals surface area contributed by atoms with Crippen molar-refractivity contribution in [3.8, 4) is 17.2 Å². The number of amides is 1. The number of para-hydroxylation sites is 1. The summed E-state index contributed by atoms with van der Waals surface area (Å²) in [5.74, 6) is 2.15. The van der Waals surface area contributed by atoms with Crippen LogP contribution in [0.4, 0.5) is 4.79 Å². The van der Waals surface area contributed by atoms with Crippen LogP contribution in [0.5, 0.6) is 17.2 Å². The van der Waals surface area contributed by atoms with Crippen LogP contribution in [0.25, 0.3) is 10.8 Å². The molecule has 1 fully saturated rings. The molecule has 0 aromatic heterocycles. The number of rotatable bonds is 22. The Morgan fingerprint density at radius 1 is 0.764 bits per heavy atom. The monoisotopic (exact) mass is 762 g/mol. The standard InChI is InChI=1S/C42H54N2O11/c1-4-51-39-27-43(42(45)53-22-10-5-11-24-55-44(46)47)28-40(54-29-31-25-33-13-6-8-15-36(33)38(26-31)49-3)41(39)32-17-19-35(20-18-32)52-23-12-21-50-30-34-14-7-9-16-37(34)48-2/h6-9,13-20,25-26,39-41,46-47H,4-5,10-12,21-24,27-30H2,1-3H3. The zero-order valence-corrected chi connectivity index (χ0v) is 32.0. The minimum absolute atomic E-state index is 0.139. The average Bonchev–Trinajstić information content (AvgIpc) is 3.20. The van der Waals surface area contributed by atoms with E-state index in [-0.39, 0.29) is 30.6 Å². The molecule has 0 saturated carbocycles. The van der Waals surface area contributed by atoms with Crippen molar-refractivity contribution in [2.24, 2.45) is 0 Å². The summed E-state index contributed by atoms with van der Waals surface area (Å²) in [6.07, 6.45) is 1.38. The normalized spacial score (nSPS) is 17.1. The lowest BCUT2D eigenvalue weighted by atomic mass is 9.84. The number of hydrogen-bond donors (Lipinski definition) is 2. The van der Waals surface area contributed by atoms with E-state index < -0.39 is 12.2 Å². The van der Waals surface area contributed by atoms with Crippen LogP contribution in [0, 0.1) is 0 Å². The molecule has 3 unspecified atom stereocenters. The summed E-state index contributed by atoms with van der Waals surface area (Å²) in [5, 5.41) is 19.1. The number of fused-ring (bicyclic) bond motifs is 1. The fraction of sp³-hybridized carbons (Fsp3) is 0.452. The number of likely N-dealkylation sites (tertiary alicyclic amines) is 1. The maximum absolute atomic E-state index is 13.4. The second-order valence-electron chi connectivity index (χ2n) is 13.2. The van der Waals surface area contributed by atoms with E-state index in [1.165, 1.54) is 0 Å². The Balaban J connectivity index is 1.23. The molecule has 13 heteroatoms. The summed E-state index contributed by atoms with van der Waals surface area (Å²) >= 11 is 0. The Labute approximate surface area is 323 Å². The number of methoxy groups -OCH3 is 2. The van der Waals surface area contributed by atoms with E-state index in [1.54, 1.807) is 19.1 Å². The first-order valence-corrected chi connectivity index (χ1v) is 18.8. The van der Waals surface area contributed by atoms with Gasteiger partial charge in [-0.1, -0.05) is 54.6 Å². The first-order chi connectivity index (χ1) is 26.9. The van der Waals surface area contributed by atoms with Crippen LogP contribution in [0.15, 0.2) is 84.9 Å². The van der Waals surface area contributed by atoms with Gasteiger partial charge in [0.25, 0.3) is 0 Å². The number of hydrogen-bond acceptors (Lipinski definition) is 12. The molecule has 0 aliphatic carbocycles. The minimum Gasteiger partial charge on any atom is -0.496 e. The van der Waals surface area contributed by atoms with Gasteiger partial charge in [-0.25, -0.2) is 4.79 Å². The molecule has 5 rings (SSSR count). The number of carbonyl (C=O) groups is 1. The van der Waals surface area contributed by atoms with E-state index in [1.807, 2.05) is 85.8 Å². The van der Waals surface area contributed by atoms with Gasteiger partial charge in [0.05, 0.1) is 84.5 Å². The summed E-state index contributed by atoms with van der Waals surface area (Å²) in [4.78, 5) is 19.6. The third-order valence-corrected chi connectivity index (χ3v) is 9.45. The van der Waals surface area contributed by atoms with Crippen molar-refractivity contribution in [3.63, 3.8) is 0 Å². The fourth-order valence-corrected chi connectivity index (χ4v) is 6.79. The van der Waals surface area contributed by atoms with Gasteiger partial charge in [0.1, 0.15) is 17.2 Å². The summed E-state index contributed by atoms with van der Waals surface area (Å²) in [7, 11) is 3.32. The fourth-order valence-electron chi connectivity index (χ4n) is 6.79. The smallest absolute Gasteiger partial charge is 0.409 e. The molecular weight excluding hydrogens is 708 g/mol. The maximum Gasteiger partial charge on any atom is 0.409 e. The quantitative estimate of drug-likeness (QED) is 0.0604. The van der Waals surface area contributed by atoms with Crippen molar-refractivity contribution in [2.45, 2.75) is 63.9 Å². The zero-order chi connectivity index (χ0) is 38.8. The van der Waals surface area contributed by atoms with E-state index in [4.69, 9.17) is 43.6 Å². The SMILES string of the molecule is CCOC1CN(C(=O)OCCCCCON(O)O)CC(OCc2cc(OC)c3ccccc3c2)C1c1ccc(OCCCOCc2ccccc2OC)cc1. The lowest BCUT2D eigenvalue weighted by Crippen LogP contribution is -2.54. The summed E-state index contributed by atoms with van der Waals surface area (Å²) in [6.45, 7) is 5.24. The van der Waals surface area contributed by atoms with E-state index in [0.29, 0.717) is 65.4 Å². The first-order valence-electron chi connectivity index (χ1n) is 18.8. The lowest BCUT2D eigenvalue weighted by molar-refractivity contribution is -0.492. The van der Waals surface area contributed by atoms with Crippen molar-refractivity contribution in [1.29, 1.82) is 0 Å². The van der Waals surface area contributed by atoms with Gasteiger partial charge in [-0.15, -0.1) is 0 Å². The average molecular weight is 763 g/mol. The van der Waals surface area contributed by atoms with E-state index >= 15 is 0 Å². The number of nitrogens with zero attached hydrogens (tertiary/aromatic N) is 2. The third-order valence-electron chi connectivity index (χ3n) is 9.45. The molecule has 1 saturated heterocycles. The molecule has 1 heterocycles. The summed E-state index contributed by atoms with van der Waals surface area (Å²) < 4.78 is 41.7. The van der Waals surface area contributed by atoms with Crippen molar-refractivity contribution < 1.29 is 53.2 Å². The molecule has 298 valence electrons. The van der Waals surface area contributed by atoms with Gasteiger partial charge in [-0.2, -0.15) is 0 Å². The van der Waals surface area contributed by atoms with Gasteiger partial charge in [-0.05, 0) is 73.0 Å². The highest BCUT2D eigenvalue weighted by Crippen LogP contribution is 2.35. The van der Waals surface area contributed by atoms with Crippen LogP contribution in [0.1, 0.15) is 55.2 Å². The molecule has 55 heavy (non-hydrogen) atoms. The number of unbranched alkanes of at least 4 members (excludes halogenated alkanes) is 2. The van der Waals surface area contributed by atoms with E-state index in [9.17, 15) is 4.79 Å². The Morgan fingerprint density at radius 3 is 2.25 bits per heavy atom. The first kappa shape index (κ1) is 41.7. The lowest BCUT2D eigenvalue weighted by Gasteiger charge is -2.43. The topological polar surface area (TPSA) is 138 Å². The molecular formula is C42H54N2O11. The second kappa shape index (κ2) is 22.2. The number of piperidine rings is 1. The van der Waals surface area contributed by atoms with Gasteiger partial charge < -0.3 is 38.1 Å². The molecule has 4 aromatic rings. The summed E-state index contributed by atoms with van der Waals surface area (Å²) in [6, 6.07) is 28.0. The molecule has 2 N–H and O–H groups in total.